The first-order chi connectivity index (χ1) is 12.8. The Balaban J connectivity index is 1.99. The van der Waals surface area contributed by atoms with Crippen molar-refractivity contribution < 1.29 is 23.2 Å². The quantitative estimate of drug-likeness (QED) is 0.474. The molecule has 0 bridgehead atoms. The number of nitro groups is 1. The molecule has 0 aliphatic rings. The van der Waals surface area contributed by atoms with Crippen molar-refractivity contribution in [3.63, 3.8) is 0 Å². The summed E-state index contributed by atoms with van der Waals surface area (Å²) in [6.45, 7) is 0. The molecule has 0 radical (unpaired) electrons. The van der Waals surface area contributed by atoms with E-state index in [-0.39, 0.29) is 21.3 Å². The number of pyridine rings is 1. The number of nitrogens with zero attached hydrogens (tertiary/aromatic N) is 2. The molecule has 11 heteroatoms. The Morgan fingerprint density at radius 1 is 1.19 bits per heavy atom. The smallest absolute Gasteiger partial charge is 0.348 e. The molecule has 0 unspecified atom stereocenters. The van der Waals surface area contributed by atoms with Gasteiger partial charge in [0.05, 0.1) is 10.6 Å². The third-order valence-corrected chi connectivity index (χ3v) is 5.90. The number of aromatic nitrogens is 1. The zero-order chi connectivity index (χ0) is 19.6. The molecule has 9 nitrogen and oxygen atoms in total. The second-order valence-electron chi connectivity index (χ2n) is 5.24. The number of anilines is 1. The molecule has 2 heterocycles. The Kier molecular flexibility index (Phi) is 4.88. The van der Waals surface area contributed by atoms with Crippen LogP contribution in [0.1, 0.15) is 9.67 Å². The fourth-order valence-electron chi connectivity index (χ4n) is 2.22. The normalized spacial score (nSPS) is 11.1. The molecule has 0 amide bonds. The number of rotatable bonds is 6. The van der Waals surface area contributed by atoms with Gasteiger partial charge in [-0.1, -0.05) is 6.07 Å². The van der Waals surface area contributed by atoms with E-state index in [9.17, 15) is 28.4 Å². The molecular formula is C16H11N3O6S2. The Bertz CT molecular complexity index is 1110. The number of thiophene rings is 1. The van der Waals surface area contributed by atoms with Crippen LogP contribution in [0.4, 0.5) is 11.4 Å². The number of nitro benzene ring substituents is 1. The van der Waals surface area contributed by atoms with E-state index in [1.807, 2.05) is 0 Å². The SMILES string of the molecule is O=C(O)c1sc(-c2ccc([N+](=O)[O-])cc2)cc1NS(=O)(=O)c1ccccn1. The van der Waals surface area contributed by atoms with E-state index in [0.717, 1.165) is 11.3 Å². The molecule has 0 fully saturated rings. The summed E-state index contributed by atoms with van der Waals surface area (Å²) in [4.78, 5) is 25.7. The topological polar surface area (TPSA) is 140 Å². The molecule has 0 saturated heterocycles. The first-order valence-corrected chi connectivity index (χ1v) is 9.64. The lowest BCUT2D eigenvalue weighted by molar-refractivity contribution is -0.384. The largest absolute Gasteiger partial charge is 0.477 e. The molecule has 3 aromatic rings. The highest BCUT2D eigenvalue weighted by Gasteiger charge is 2.23. The van der Waals surface area contributed by atoms with E-state index in [2.05, 4.69) is 9.71 Å². The van der Waals surface area contributed by atoms with Gasteiger partial charge in [0.15, 0.2) is 5.03 Å². The number of hydrogen-bond acceptors (Lipinski definition) is 7. The van der Waals surface area contributed by atoms with Gasteiger partial charge in [0.25, 0.3) is 15.7 Å². The first kappa shape index (κ1) is 18.5. The van der Waals surface area contributed by atoms with Crippen LogP contribution in [0.5, 0.6) is 0 Å². The van der Waals surface area contributed by atoms with Crippen LogP contribution in [0.3, 0.4) is 0 Å². The zero-order valence-electron chi connectivity index (χ0n) is 13.4. The molecule has 0 aliphatic heterocycles. The molecular weight excluding hydrogens is 394 g/mol. The van der Waals surface area contributed by atoms with Gasteiger partial charge in [-0.15, -0.1) is 11.3 Å². The van der Waals surface area contributed by atoms with Gasteiger partial charge >= 0.3 is 5.97 Å². The maximum absolute atomic E-state index is 12.4. The van der Waals surface area contributed by atoms with Crippen LogP contribution in [0.15, 0.2) is 59.8 Å². The van der Waals surface area contributed by atoms with E-state index < -0.39 is 20.9 Å². The molecule has 0 atom stereocenters. The average Bonchev–Trinajstić information content (AvgIpc) is 3.06. The number of carboxylic acids is 1. The highest BCUT2D eigenvalue weighted by atomic mass is 32.2. The summed E-state index contributed by atoms with van der Waals surface area (Å²) < 4.78 is 27.0. The first-order valence-electron chi connectivity index (χ1n) is 7.34. The molecule has 1 aromatic carbocycles. The summed E-state index contributed by atoms with van der Waals surface area (Å²) in [5, 5.41) is 19.9. The third-order valence-electron chi connectivity index (χ3n) is 3.45. The lowest BCUT2D eigenvalue weighted by Gasteiger charge is -2.06. The van der Waals surface area contributed by atoms with E-state index in [4.69, 9.17) is 0 Å². The lowest BCUT2D eigenvalue weighted by atomic mass is 10.1. The predicted molar refractivity (Wildman–Crippen MR) is 98.4 cm³/mol. The van der Waals surface area contributed by atoms with Gasteiger partial charge in [-0.05, 0) is 35.9 Å². The van der Waals surface area contributed by atoms with Gasteiger partial charge in [-0.3, -0.25) is 14.8 Å². The van der Waals surface area contributed by atoms with Crippen molar-refractivity contribution in [3.8, 4) is 10.4 Å². The van der Waals surface area contributed by atoms with Crippen LogP contribution in [0, 0.1) is 10.1 Å². The molecule has 0 spiro atoms. The minimum atomic E-state index is -4.06. The van der Waals surface area contributed by atoms with Crippen LogP contribution < -0.4 is 4.72 Å². The Morgan fingerprint density at radius 2 is 1.89 bits per heavy atom. The molecule has 2 aromatic heterocycles. The number of hydrogen-bond donors (Lipinski definition) is 2. The van der Waals surface area contributed by atoms with Gasteiger partial charge in [-0.25, -0.2) is 9.78 Å². The van der Waals surface area contributed by atoms with Crippen molar-refractivity contribution in [1.29, 1.82) is 0 Å². The van der Waals surface area contributed by atoms with Gasteiger partial charge in [-0.2, -0.15) is 8.42 Å². The molecule has 2 N–H and O–H groups in total. The number of carbonyl (C=O) groups is 1. The Hall–Kier alpha value is -3.31. The standard InChI is InChI=1S/C16H11N3O6S2/c20-16(21)15-12(18-27(24,25)14-3-1-2-8-17-14)9-13(26-15)10-4-6-11(7-5-10)19(22)23/h1-9,18H,(H,20,21). The fourth-order valence-corrected chi connectivity index (χ4v) is 4.25. The molecule has 0 aliphatic carbocycles. The summed E-state index contributed by atoms with van der Waals surface area (Å²) in [6.07, 6.45) is 1.31. The second-order valence-corrected chi connectivity index (χ2v) is 7.92. The van der Waals surface area contributed by atoms with Gasteiger partial charge in [0.2, 0.25) is 0 Å². The van der Waals surface area contributed by atoms with Gasteiger partial charge < -0.3 is 5.11 Å². The summed E-state index contributed by atoms with van der Waals surface area (Å²) in [5.74, 6) is -1.30. The van der Waals surface area contributed by atoms with E-state index in [1.54, 1.807) is 6.07 Å². The van der Waals surface area contributed by atoms with Crippen molar-refractivity contribution in [2.75, 3.05) is 4.72 Å². The average molecular weight is 405 g/mol. The molecule has 0 saturated carbocycles. The highest BCUT2D eigenvalue weighted by molar-refractivity contribution is 7.92. The number of aromatic carboxylic acids is 1. The van der Waals surface area contributed by atoms with Crippen LogP contribution in [0.2, 0.25) is 0 Å². The summed E-state index contributed by atoms with van der Waals surface area (Å²) >= 11 is 0.854. The Labute approximate surface area is 157 Å². The fraction of sp³-hybridized carbons (Fsp3) is 0. The number of non-ortho nitro benzene ring substituents is 1. The predicted octanol–water partition coefficient (Wildman–Crippen LogP) is 3.22. The van der Waals surface area contributed by atoms with E-state index in [1.165, 1.54) is 48.7 Å². The number of carboxylic acid groups (broad SMARTS) is 1. The summed E-state index contributed by atoms with van der Waals surface area (Å²) in [7, 11) is -4.06. The highest BCUT2D eigenvalue weighted by Crippen LogP contribution is 2.36. The third kappa shape index (κ3) is 3.93. The van der Waals surface area contributed by atoms with Gasteiger partial charge in [0.1, 0.15) is 4.88 Å². The zero-order valence-corrected chi connectivity index (χ0v) is 15.0. The minimum absolute atomic E-state index is 0.105. The maximum Gasteiger partial charge on any atom is 0.348 e. The monoisotopic (exact) mass is 405 g/mol. The maximum atomic E-state index is 12.4. The number of sulfonamides is 1. The van der Waals surface area contributed by atoms with Crippen LogP contribution >= 0.6 is 11.3 Å². The molecule has 3 rings (SSSR count). The van der Waals surface area contributed by atoms with Crippen molar-refractivity contribution in [2.24, 2.45) is 0 Å². The van der Waals surface area contributed by atoms with Crippen molar-refractivity contribution in [2.45, 2.75) is 5.03 Å². The van der Waals surface area contributed by atoms with Crippen molar-refractivity contribution in [1.82, 2.24) is 4.98 Å². The number of benzene rings is 1. The Morgan fingerprint density at radius 3 is 2.44 bits per heavy atom. The van der Waals surface area contributed by atoms with Crippen molar-refractivity contribution >= 4 is 38.7 Å². The lowest BCUT2D eigenvalue weighted by Crippen LogP contribution is -2.15. The molecule has 27 heavy (non-hydrogen) atoms. The van der Waals surface area contributed by atoms with Crippen LogP contribution in [-0.4, -0.2) is 29.4 Å². The number of nitrogens with one attached hydrogen (secondary N) is 1. The van der Waals surface area contributed by atoms with E-state index >= 15 is 0 Å². The minimum Gasteiger partial charge on any atom is -0.477 e. The molecule has 138 valence electrons. The summed E-state index contributed by atoms with van der Waals surface area (Å²) in [6, 6.07) is 11.2. The summed E-state index contributed by atoms with van der Waals surface area (Å²) in [5.41, 5.74) is 0.313. The van der Waals surface area contributed by atoms with E-state index in [0.29, 0.717) is 10.4 Å². The van der Waals surface area contributed by atoms with Crippen molar-refractivity contribution in [3.05, 3.63) is 69.7 Å². The van der Waals surface area contributed by atoms with Gasteiger partial charge in [0, 0.05) is 23.2 Å². The second kappa shape index (κ2) is 7.13. The van der Waals surface area contributed by atoms with Crippen LogP contribution in [0.25, 0.3) is 10.4 Å². The van der Waals surface area contributed by atoms with Crippen LogP contribution in [-0.2, 0) is 10.0 Å².